The molecule has 6 nitrogen and oxygen atoms in total. The maximum absolute atomic E-state index is 12.5. The van der Waals surface area contributed by atoms with E-state index < -0.39 is 10.0 Å². The molecule has 0 aliphatic heterocycles. The summed E-state index contributed by atoms with van der Waals surface area (Å²) in [6.45, 7) is 0.154. The molecule has 0 radical (unpaired) electrons. The van der Waals surface area contributed by atoms with Crippen molar-refractivity contribution in [3.8, 4) is 17.0 Å². The highest BCUT2D eigenvalue weighted by atomic mass is 32.2. The monoisotopic (exact) mass is 355 g/mol. The average Bonchev–Trinajstić information content (AvgIpc) is 2.67. The highest BCUT2D eigenvalue weighted by molar-refractivity contribution is 7.89. The van der Waals surface area contributed by atoms with Gasteiger partial charge in [-0.25, -0.2) is 13.1 Å². The van der Waals surface area contributed by atoms with Crippen molar-refractivity contribution in [3.63, 3.8) is 0 Å². The highest BCUT2D eigenvalue weighted by Gasteiger charge is 2.18. The predicted octanol–water partition coefficient (Wildman–Crippen LogP) is 2.63. The summed E-state index contributed by atoms with van der Waals surface area (Å²) < 4.78 is 32.8. The minimum atomic E-state index is -3.68. The highest BCUT2D eigenvalue weighted by Crippen LogP contribution is 2.23. The average molecular weight is 355 g/mol. The molecule has 0 aliphatic carbocycles. The van der Waals surface area contributed by atoms with Crippen LogP contribution in [-0.4, -0.2) is 25.5 Å². The van der Waals surface area contributed by atoms with E-state index in [0.717, 1.165) is 16.8 Å². The Morgan fingerprint density at radius 1 is 1.04 bits per heavy atom. The van der Waals surface area contributed by atoms with Gasteiger partial charge in [0.1, 0.15) is 10.6 Å². The molecule has 0 atom stereocenters. The fourth-order valence-electron chi connectivity index (χ4n) is 2.36. The zero-order valence-corrected chi connectivity index (χ0v) is 14.4. The Labute approximate surface area is 146 Å². The molecule has 0 fully saturated rings. The molecule has 0 saturated heterocycles. The van der Waals surface area contributed by atoms with E-state index in [4.69, 9.17) is 4.74 Å². The Hall–Kier alpha value is -2.77. The molecule has 1 N–H and O–H groups in total. The number of sulfonamides is 1. The second kappa shape index (κ2) is 7.42. The van der Waals surface area contributed by atoms with Crippen LogP contribution in [0.4, 0.5) is 0 Å². The van der Waals surface area contributed by atoms with Gasteiger partial charge in [0.2, 0.25) is 10.0 Å². The van der Waals surface area contributed by atoms with Crippen LogP contribution in [0.3, 0.4) is 0 Å². The van der Waals surface area contributed by atoms with Gasteiger partial charge in [0.25, 0.3) is 0 Å². The lowest BCUT2D eigenvalue weighted by molar-refractivity contribution is 0.402. The largest absolute Gasteiger partial charge is 0.495 e. The third-order valence-corrected chi connectivity index (χ3v) is 5.07. The third kappa shape index (κ3) is 4.01. The maximum atomic E-state index is 12.5. The molecular formula is C18H17N3O3S. The molecule has 2 heterocycles. The number of hydrogen-bond donors (Lipinski definition) is 1. The number of hydrogen-bond acceptors (Lipinski definition) is 5. The fraction of sp³-hybridized carbons (Fsp3) is 0.111. The summed E-state index contributed by atoms with van der Waals surface area (Å²) in [6, 6.07) is 13.8. The summed E-state index contributed by atoms with van der Waals surface area (Å²) in [4.78, 5) is 8.41. The fourth-order valence-corrected chi connectivity index (χ4v) is 3.55. The smallest absolute Gasteiger partial charge is 0.244 e. The summed E-state index contributed by atoms with van der Waals surface area (Å²) in [7, 11) is -2.24. The molecule has 128 valence electrons. The topological polar surface area (TPSA) is 81.2 Å². The van der Waals surface area contributed by atoms with Gasteiger partial charge in [-0.15, -0.1) is 0 Å². The SMILES string of the molecule is COc1ccccc1S(=O)(=O)NCc1ccnc(-c2ccncc2)c1. The molecule has 1 aromatic carbocycles. The van der Waals surface area contributed by atoms with Crippen LogP contribution >= 0.6 is 0 Å². The Balaban J connectivity index is 1.80. The molecule has 25 heavy (non-hydrogen) atoms. The van der Waals surface area contributed by atoms with Gasteiger partial charge in [-0.2, -0.15) is 0 Å². The minimum Gasteiger partial charge on any atom is -0.495 e. The van der Waals surface area contributed by atoms with Crippen molar-refractivity contribution < 1.29 is 13.2 Å². The zero-order valence-electron chi connectivity index (χ0n) is 13.6. The Morgan fingerprint density at radius 2 is 1.80 bits per heavy atom. The molecule has 0 aliphatic rings. The van der Waals surface area contributed by atoms with Gasteiger partial charge in [0.15, 0.2) is 0 Å². The van der Waals surface area contributed by atoms with Crippen LogP contribution in [0.25, 0.3) is 11.3 Å². The Morgan fingerprint density at radius 3 is 2.56 bits per heavy atom. The Bertz CT molecular complexity index is 960. The van der Waals surface area contributed by atoms with Crippen molar-refractivity contribution >= 4 is 10.0 Å². The second-order valence-corrected chi connectivity index (χ2v) is 7.00. The van der Waals surface area contributed by atoms with Crippen LogP contribution in [0, 0.1) is 0 Å². The molecule has 3 aromatic rings. The molecule has 3 rings (SSSR count). The number of nitrogens with zero attached hydrogens (tertiary/aromatic N) is 2. The first-order valence-electron chi connectivity index (χ1n) is 7.58. The Kier molecular flexibility index (Phi) is 5.06. The first kappa shape index (κ1) is 17.1. The molecule has 0 bridgehead atoms. The van der Waals surface area contributed by atoms with E-state index in [-0.39, 0.29) is 11.4 Å². The van der Waals surface area contributed by atoms with Gasteiger partial charge in [-0.05, 0) is 42.0 Å². The van der Waals surface area contributed by atoms with Gasteiger partial charge in [-0.3, -0.25) is 9.97 Å². The first-order chi connectivity index (χ1) is 12.1. The van der Waals surface area contributed by atoms with Crippen molar-refractivity contribution in [2.24, 2.45) is 0 Å². The minimum absolute atomic E-state index is 0.112. The third-order valence-electron chi connectivity index (χ3n) is 3.63. The molecular weight excluding hydrogens is 338 g/mol. The van der Waals surface area contributed by atoms with Crippen LogP contribution in [-0.2, 0) is 16.6 Å². The van der Waals surface area contributed by atoms with Crippen LogP contribution in [0.5, 0.6) is 5.75 Å². The number of methoxy groups -OCH3 is 1. The standard InChI is InChI=1S/C18H17N3O3S/c1-24-17-4-2-3-5-18(17)25(22,23)21-13-14-6-11-20-16(12-14)15-7-9-19-10-8-15/h2-12,21H,13H2,1H3. The van der Waals surface area contributed by atoms with Crippen molar-refractivity contribution in [2.75, 3.05) is 7.11 Å². The lowest BCUT2D eigenvalue weighted by Crippen LogP contribution is -2.23. The van der Waals surface area contributed by atoms with Gasteiger partial charge >= 0.3 is 0 Å². The van der Waals surface area contributed by atoms with E-state index in [0.29, 0.717) is 5.75 Å². The van der Waals surface area contributed by atoms with E-state index in [1.165, 1.54) is 13.2 Å². The van der Waals surface area contributed by atoms with Gasteiger partial charge in [-0.1, -0.05) is 12.1 Å². The van der Waals surface area contributed by atoms with Crippen LogP contribution in [0.1, 0.15) is 5.56 Å². The van der Waals surface area contributed by atoms with Crippen molar-refractivity contribution in [2.45, 2.75) is 11.4 Å². The van der Waals surface area contributed by atoms with Crippen molar-refractivity contribution in [1.29, 1.82) is 0 Å². The van der Waals surface area contributed by atoms with Gasteiger partial charge in [0.05, 0.1) is 12.8 Å². The molecule has 0 amide bonds. The summed E-state index contributed by atoms with van der Waals surface area (Å²) in [5.74, 6) is 0.308. The van der Waals surface area contributed by atoms with Gasteiger partial charge < -0.3 is 4.74 Å². The maximum Gasteiger partial charge on any atom is 0.244 e. The number of benzene rings is 1. The summed E-state index contributed by atoms with van der Waals surface area (Å²) >= 11 is 0. The lowest BCUT2D eigenvalue weighted by atomic mass is 10.1. The molecule has 2 aromatic heterocycles. The first-order valence-corrected chi connectivity index (χ1v) is 9.06. The van der Waals surface area contributed by atoms with Crippen molar-refractivity contribution in [3.05, 3.63) is 72.7 Å². The molecule has 0 unspecified atom stereocenters. The summed E-state index contributed by atoms with van der Waals surface area (Å²) in [6.07, 6.45) is 5.03. The van der Waals surface area contributed by atoms with Crippen LogP contribution < -0.4 is 9.46 Å². The van der Waals surface area contributed by atoms with Crippen molar-refractivity contribution in [1.82, 2.24) is 14.7 Å². The zero-order chi connectivity index (χ0) is 17.7. The number of para-hydroxylation sites is 1. The number of nitrogens with one attached hydrogen (secondary N) is 1. The molecule has 7 heteroatoms. The number of aromatic nitrogens is 2. The summed E-state index contributed by atoms with van der Waals surface area (Å²) in [5.41, 5.74) is 2.49. The molecule has 0 spiro atoms. The number of rotatable bonds is 6. The predicted molar refractivity (Wildman–Crippen MR) is 94.5 cm³/mol. The normalized spacial score (nSPS) is 11.2. The van der Waals surface area contributed by atoms with E-state index in [1.54, 1.807) is 42.9 Å². The van der Waals surface area contributed by atoms with Gasteiger partial charge in [0, 0.05) is 30.7 Å². The lowest BCUT2D eigenvalue weighted by Gasteiger charge is -2.11. The van der Waals surface area contributed by atoms with E-state index in [9.17, 15) is 8.42 Å². The van der Waals surface area contributed by atoms with E-state index >= 15 is 0 Å². The van der Waals surface area contributed by atoms with Crippen LogP contribution in [0.15, 0.2) is 72.0 Å². The quantitative estimate of drug-likeness (QED) is 0.735. The molecule has 0 saturated carbocycles. The second-order valence-electron chi connectivity index (χ2n) is 5.26. The van der Waals surface area contributed by atoms with Crippen LogP contribution in [0.2, 0.25) is 0 Å². The van der Waals surface area contributed by atoms with E-state index in [1.807, 2.05) is 18.2 Å². The summed E-state index contributed by atoms with van der Waals surface area (Å²) in [5, 5.41) is 0. The number of pyridine rings is 2. The van der Waals surface area contributed by atoms with E-state index in [2.05, 4.69) is 14.7 Å². The number of ether oxygens (including phenoxy) is 1.